The van der Waals surface area contributed by atoms with Crippen LogP contribution in [0.4, 0.5) is 5.69 Å². The van der Waals surface area contributed by atoms with Gasteiger partial charge in [-0.25, -0.2) is 9.78 Å². The number of nitrogens with one attached hydrogen (secondary N) is 1. The minimum atomic E-state index is -1.02. The largest absolute Gasteiger partial charge is 0.477 e. The molecule has 7 heteroatoms. The Bertz CT molecular complexity index is 802. The Morgan fingerprint density at radius 2 is 1.85 bits per heavy atom. The molecule has 7 nitrogen and oxygen atoms in total. The summed E-state index contributed by atoms with van der Waals surface area (Å²) in [6.45, 7) is 5.05. The van der Waals surface area contributed by atoms with Gasteiger partial charge in [-0.15, -0.1) is 0 Å². The average molecular weight is 356 g/mol. The van der Waals surface area contributed by atoms with Crippen molar-refractivity contribution >= 4 is 23.3 Å². The Hall–Kier alpha value is -3.22. The number of amides is 1. The Morgan fingerprint density at radius 3 is 2.46 bits per heavy atom. The molecular weight excluding hydrogens is 336 g/mol. The van der Waals surface area contributed by atoms with Gasteiger partial charge in [0, 0.05) is 17.4 Å². The van der Waals surface area contributed by atoms with Gasteiger partial charge in [0.1, 0.15) is 5.56 Å². The van der Waals surface area contributed by atoms with Crippen LogP contribution >= 0.6 is 0 Å². The first kappa shape index (κ1) is 19.1. The zero-order valence-electron chi connectivity index (χ0n) is 14.8. The molecule has 1 unspecified atom stereocenters. The second kappa shape index (κ2) is 8.75. The lowest BCUT2D eigenvalue weighted by Crippen LogP contribution is -2.30. The first-order valence-electron chi connectivity index (χ1n) is 8.13. The van der Waals surface area contributed by atoms with Gasteiger partial charge in [0.2, 0.25) is 5.88 Å². The van der Waals surface area contributed by atoms with E-state index in [1.165, 1.54) is 26.1 Å². The molecule has 0 bridgehead atoms. The molecule has 2 rings (SSSR count). The van der Waals surface area contributed by atoms with E-state index < -0.39 is 18.0 Å². The maximum absolute atomic E-state index is 12.3. The predicted molar refractivity (Wildman–Crippen MR) is 95.4 cm³/mol. The zero-order valence-corrected chi connectivity index (χ0v) is 14.8. The van der Waals surface area contributed by atoms with Crippen molar-refractivity contribution < 1.29 is 23.9 Å². The number of pyridine rings is 1. The van der Waals surface area contributed by atoms with E-state index in [1.807, 2.05) is 0 Å². The van der Waals surface area contributed by atoms with E-state index in [0.29, 0.717) is 17.9 Å². The van der Waals surface area contributed by atoms with Crippen molar-refractivity contribution in [2.24, 2.45) is 0 Å². The number of ketones is 1. The summed E-state index contributed by atoms with van der Waals surface area (Å²) in [6, 6.07) is 9.54. The monoisotopic (exact) mass is 356 g/mol. The molecule has 0 aliphatic rings. The van der Waals surface area contributed by atoms with Gasteiger partial charge in [-0.2, -0.15) is 0 Å². The third-order valence-corrected chi connectivity index (χ3v) is 3.48. The number of aromatic nitrogens is 1. The van der Waals surface area contributed by atoms with Crippen molar-refractivity contribution in [3.8, 4) is 5.88 Å². The molecule has 2 aromatic rings. The van der Waals surface area contributed by atoms with Gasteiger partial charge < -0.3 is 14.8 Å². The van der Waals surface area contributed by atoms with Gasteiger partial charge in [0.15, 0.2) is 11.9 Å². The van der Waals surface area contributed by atoms with Crippen LogP contribution in [0.5, 0.6) is 5.88 Å². The Kier molecular flexibility index (Phi) is 6.43. The zero-order chi connectivity index (χ0) is 19.1. The summed E-state index contributed by atoms with van der Waals surface area (Å²) in [5, 5.41) is 2.63. The minimum absolute atomic E-state index is 0.0632. The number of rotatable bonds is 7. The minimum Gasteiger partial charge on any atom is -0.477 e. The molecule has 1 aromatic heterocycles. The number of ether oxygens (including phenoxy) is 2. The highest BCUT2D eigenvalue weighted by Crippen LogP contribution is 2.17. The fraction of sp³-hybridized carbons (Fsp3) is 0.263. The Labute approximate surface area is 151 Å². The predicted octanol–water partition coefficient (Wildman–Crippen LogP) is 2.87. The second-order valence-electron chi connectivity index (χ2n) is 5.46. The van der Waals surface area contributed by atoms with Crippen molar-refractivity contribution in [1.82, 2.24) is 4.98 Å². The summed E-state index contributed by atoms with van der Waals surface area (Å²) in [4.78, 5) is 39.7. The number of benzene rings is 1. The van der Waals surface area contributed by atoms with E-state index >= 15 is 0 Å². The first-order valence-corrected chi connectivity index (χ1v) is 8.13. The summed E-state index contributed by atoms with van der Waals surface area (Å²) < 4.78 is 10.5. The number of hydrogen-bond acceptors (Lipinski definition) is 6. The van der Waals surface area contributed by atoms with Gasteiger partial charge in [0.05, 0.1) is 6.61 Å². The number of Topliss-reactive ketones (excluding diaryl/α,β-unsaturated/α-hetero) is 1. The summed E-state index contributed by atoms with van der Waals surface area (Å²) in [5.74, 6) is -1.09. The van der Waals surface area contributed by atoms with E-state index in [1.54, 1.807) is 37.3 Å². The number of carbonyl (C=O) groups is 3. The van der Waals surface area contributed by atoms with Crippen LogP contribution < -0.4 is 10.1 Å². The van der Waals surface area contributed by atoms with Crippen LogP contribution in [0.25, 0.3) is 0 Å². The van der Waals surface area contributed by atoms with Crippen LogP contribution in [0.3, 0.4) is 0 Å². The standard InChI is InChI=1S/C19H20N2O5/c1-4-25-18-16(6-5-11-20-18)19(24)26-13(3)17(23)21-15-9-7-14(8-10-15)12(2)22/h5-11,13H,4H2,1-3H3,(H,21,23). The molecule has 0 saturated heterocycles. The number of anilines is 1. The molecule has 0 fully saturated rings. The highest BCUT2D eigenvalue weighted by molar-refractivity contribution is 5.99. The fourth-order valence-corrected chi connectivity index (χ4v) is 2.11. The lowest BCUT2D eigenvalue weighted by atomic mass is 10.1. The van der Waals surface area contributed by atoms with Gasteiger partial charge in [-0.05, 0) is 57.2 Å². The van der Waals surface area contributed by atoms with E-state index in [-0.39, 0.29) is 17.2 Å². The lowest BCUT2D eigenvalue weighted by Gasteiger charge is -2.14. The molecule has 26 heavy (non-hydrogen) atoms. The van der Waals surface area contributed by atoms with Crippen molar-refractivity contribution in [3.05, 3.63) is 53.7 Å². The Morgan fingerprint density at radius 1 is 1.15 bits per heavy atom. The molecular formula is C19H20N2O5. The summed E-state index contributed by atoms with van der Waals surface area (Å²) in [5.41, 5.74) is 1.20. The molecule has 0 radical (unpaired) electrons. The number of nitrogens with zero attached hydrogens (tertiary/aromatic N) is 1. The van der Waals surface area contributed by atoms with Gasteiger partial charge >= 0.3 is 5.97 Å². The highest BCUT2D eigenvalue weighted by Gasteiger charge is 2.22. The number of carbonyl (C=O) groups excluding carboxylic acids is 3. The molecule has 1 atom stereocenters. The Balaban J connectivity index is 2.00. The number of esters is 1. The van der Waals surface area contributed by atoms with Crippen LogP contribution in [0.15, 0.2) is 42.6 Å². The molecule has 1 amide bonds. The third kappa shape index (κ3) is 4.89. The maximum Gasteiger partial charge on any atom is 0.344 e. The van der Waals surface area contributed by atoms with Crippen molar-refractivity contribution in [2.45, 2.75) is 26.9 Å². The van der Waals surface area contributed by atoms with Gasteiger partial charge in [-0.1, -0.05) is 0 Å². The molecule has 1 heterocycles. The summed E-state index contributed by atoms with van der Waals surface area (Å²) >= 11 is 0. The number of hydrogen-bond donors (Lipinski definition) is 1. The van der Waals surface area contributed by atoms with Gasteiger partial charge in [-0.3, -0.25) is 9.59 Å². The molecule has 1 N–H and O–H groups in total. The van der Waals surface area contributed by atoms with E-state index in [4.69, 9.17) is 9.47 Å². The molecule has 1 aromatic carbocycles. The van der Waals surface area contributed by atoms with Gasteiger partial charge in [0.25, 0.3) is 5.91 Å². The SMILES string of the molecule is CCOc1ncccc1C(=O)OC(C)C(=O)Nc1ccc(C(C)=O)cc1. The maximum atomic E-state index is 12.3. The van der Waals surface area contributed by atoms with Crippen LogP contribution in [-0.4, -0.2) is 35.4 Å². The molecule has 0 aliphatic heterocycles. The fourth-order valence-electron chi connectivity index (χ4n) is 2.11. The normalized spacial score (nSPS) is 11.3. The van der Waals surface area contributed by atoms with Crippen LogP contribution in [0, 0.1) is 0 Å². The molecule has 0 spiro atoms. The van der Waals surface area contributed by atoms with Crippen LogP contribution in [-0.2, 0) is 9.53 Å². The van der Waals surface area contributed by atoms with Crippen molar-refractivity contribution in [3.63, 3.8) is 0 Å². The highest BCUT2D eigenvalue weighted by atomic mass is 16.5. The quantitative estimate of drug-likeness (QED) is 0.605. The van der Waals surface area contributed by atoms with E-state index in [9.17, 15) is 14.4 Å². The molecule has 0 saturated carbocycles. The van der Waals surface area contributed by atoms with Crippen molar-refractivity contribution in [1.29, 1.82) is 0 Å². The second-order valence-corrected chi connectivity index (χ2v) is 5.46. The topological polar surface area (TPSA) is 94.6 Å². The average Bonchev–Trinajstić information content (AvgIpc) is 2.62. The third-order valence-electron chi connectivity index (χ3n) is 3.48. The molecule has 0 aliphatic carbocycles. The van der Waals surface area contributed by atoms with Crippen molar-refractivity contribution in [2.75, 3.05) is 11.9 Å². The summed E-state index contributed by atoms with van der Waals surface area (Å²) in [7, 11) is 0. The molecule has 136 valence electrons. The van der Waals surface area contributed by atoms with Crippen LogP contribution in [0.1, 0.15) is 41.5 Å². The van der Waals surface area contributed by atoms with E-state index in [2.05, 4.69) is 10.3 Å². The van der Waals surface area contributed by atoms with E-state index in [0.717, 1.165) is 0 Å². The first-order chi connectivity index (χ1) is 12.4. The summed E-state index contributed by atoms with van der Waals surface area (Å²) in [6.07, 6.45) is 0.479. The smallest absolute Gasteiger partial charge is 0.344 e. The lowest BCUT2D eigenvalue weighted by molar-refractivity contribution is -0.123. The van der Waals surface area contributed by atoms with Crippen LogP contribution in [0.2, 0.25) is 0 Å².